The molecule has 1 amide bonds. The van der Waals surface area contributed by atoms with E-state index in [1.165, 1.54) is 7.11 Å². The molecule has 0 unspecified atom stereocenters. The lowest BCUT2D eigenvalue weighted by atomic mass is 9.86. The number of nitrogens with two attached hydrogens (primary N) is 1. The van der Waals surface area contributed by atoms with Crippen molar-refractivity contribution in [1.82, 2.24) is 5.32 Å². The van der Waals surface area contributed by atoms with Gasteiger partial charge in [0, 0.05) is 0 Å². The van der Waals surface area contributed by atoms with Crippen molar-refractivity contribution in [2.75, 3.05) is 7.11 Å². The summed E-state index contributed by atoms with van der Waals surface area (Å²) in [5.74, 6) is -0.824. The van der Waals surface area contributed by atoms with Crippen LogP contribution in [0.5, 0.6) is 0 Å². The molecule has 5 nitrogen and oxygen atoms in total. The molecule has 0 heterocycles. The molecule has 0 aliphatic rings. The second kappa shape index (κ2) is 6.00. The molecule has 0 aromatic rings. The standard InChI is InChI=1S/C12H24N2O3/c1-7(2)8(11(16)17-6)14-10(15)9(13)12(3,4)5/h7-9H,13H2,1-6H3,(H,14,15)/t8-,9-/m0/s1. The summed E-state index contributed by atoms with van der Waals surface area (Å²) in [6.07, 6.45) is 0. The zero-order valence-corrected chi connectivity index (χ0v) is 11.5. The van der Waals surface area contributed by atoms with Crippen LogP contribution in [0.15, 0.2) is 0 Å². The van der Waals surface area contributed by atoms with E-state index in [9.17, 15) is 9.59 Å². The van der Waals surface area contributed by atoms with Gasteiger partial charge in [-0.2, -0.15) is 0 Å². The lowest BCUT2D eigenvalue weighted by molar-refractivity contribution is -0.146. The number of rotatable bonds is 4. The summed E-state index contributed by atoms with van der Waals surface area (Å²) in [7, 11) is 1.30. The number of carbonyl (C=O) groups is 2. The highest BCUT2D eigenvalue weighted by Gasteiger charge is 2.32. The summed E-state index contributed by atoms with van der Waals surface area (Å²) < 4.78 is 4.65. The number of hydrogen-bond donors (Lipinski definition) is 2. The van der Waals surface area contributed by atoms with Crippen LogP contribution in [0.3, 0.4) is 0 Å². The molecule has 100 valence electrons. The minimum absolute atomic E-state index is 0.0430. The Kier molecular flexibility index (Phi) is 5.61. The lowest BCUT2D eigenvalue weighted by Crippen LogP contribution is -2.54. The Morgan fingerprint density at radius 1 is 1.24 bits per heavy atom. The maximum Gasteiger partial charge on any atom is 0.328 e. The first-order chi connectivity index (χ1) is 7.61. The van der Waals surface area contributed by atoms with Gasteiger partial charge < -0.3 is 15.8 Å². The van der Waals surface area contributed by atoms with E-state index in [1.807, 2.05) is 34.6 Å². The van der Waals surface area contributed by atoms with Crippen LogP contribution in [0.25, 0.3) is 0 Å². The third kappa shape index (κ3) is 4.73. The normalized spacial score (nSPS) is 15.3. The number of ether oxygens (including phenoxy) is 1. The number of methoxy groups -OCH3 is 1. The molecule has 0 spiro atoms. The summed E-state index contributed by atoms with van der Waals surface area (Å²) >= 11 is 0. The molecular weight excluding hydrogens is 220 g/mol. The van der Waals surface area contributed by atoms with Gasteiger partial charge in [-0.3, -0.25) is 4.79 Å². The Morgan fingerprint density at radius 2 is 1.71 bits per heavy atom. The summed E-state index contributed by atoms with van der Waals surface area (Å²) in [6.45, 7) is 9.30. The smallest absolute Gasteiger partial charge is 0.328 e. The second-order valence-corrected chi connectivity index (χ2v) is 5.60. The average molecular weight is 244 g/mol. The Labute approximate surface area is 103 Å². The number of esters is 1. The molecular formula is C12H24N2O3. The monoisotopic (exact) mass is 244 g/mol. The fourth-order valence-corrected chi connectivity index (χ4v) is 1.26. The quantitative estimate of drug-likeness (QED) is 0.712. The van der Waals surface area contributed by atoms with Crippen molar-refractivity contribution < 1.29 is 14.3 Å². The molecule has 0 saturated carbocycles. The van der Waals surface area contributed by atoms with Crippen molar-refractivity contribution >= 4 is 11.9 Å². The molecule has 5 heteroatoms. The largest absolute Gasteiger partial charge is 0.467 e. The van der Waals surface area contributed by atoms with Crippen LogP contribution in [0.4, 0.5) is 0 Å². The van der Waals surface area contributed by atoms with E-state index in [1.54, 1.807) is 0 Å². The van der Waals surface area contributed by atoms with E-state index in [0.29, 0.717) is 0 Å². The number of amides is 1. The molecule has 0 fully saturated rings. The first-order valence-corrected chi connectivity index (χ1v) is 5.75. The highest BCUT2D eigenvalue weighted by molar-refractivity contribution is 5.88. The first-order valence-electron chi connectivity index (χ1n) is 5.75. The van der Waals surface area contributed by atoms with Gasteiger partial charge in [0.2, 0.25) is 5.91 Å². The minimum atomic E-state index is -0.659. The minimum Gasteiger partial charge on any atom is -0.467 e. The third-order valence-electron chi connectivity index (χ3n) is 2.64. The highest BCUT2D eigenvalue weighted by atomic mass is 16.5. The van der Waals surface area contributed by atoms with Crippen LogP contribution in [0, 0.1) is 11.3 Å². The number of nitrogens with one attached hydrogen (secondary N) is 1. The van der Waals surface area contributed by atoms with Crippen molar-refractivity contribution in [1.29, 1.82) is 0 Å². The van der Waals surface area contributed by atoms with E-state index in [0.717, 1.165) is 0 Å². The van der Waals surface area contributed by atoms with Crippen LogP contribution >= 0.6 is 0 Å². The maximum atomic E-state index is 11.9. The highest BCUT2D eigenvalue weighted by Crippen LogP contribution is 2.17. The molecule has 0 saturated heterocycles. The summed E-state index contributed by atoms with van der Waals surface area (Å²) in [5.41, 5.74) is 5.47. The molecule has 0 aliphatic carbocycles. The lowest BCUT2D eigenvalue weighted by Gasteiger charge is -2.28. The maximum absolute atomic E-state index is 11.9. The molecule has 0 aliphatic heterocycles. The summed E-state index contributed by atoms with van der Waals surface area (Å²) in [6, 6.07) is -1.31. The van der Waals surface area contributed by atoms with Gasteiger partial charge in [0.25, 0.3) is 0 Å². The van der Waals surface area contributed by atoms with Crippen molar-refractivity contribution in [3.8, 4) is 0 Å². The zero-order chi connectivity index (χ0) is 13.8. The van der Waals surface area contributed by atoms with Crippen molar-refractivity contribution in [3.63, 3.8) is 0 Å². The van der Waals surface area contributed by atoms with Crippen molar-refractivity contribution in [2.24, 2.45) is 17.1 Å². The van der Waals surface area contributed by atoms with Crippen LogP contribution in [0.1, 0.15) is 34.6 Å². The molecule has 2 atom stereocenters. The van der Waals surface area contributed by atoms with Gasteiger partial charge in [0.05, 0.1) is 13.2 Å². The SMILES string of the molecule is COC(=O)[C@@H](NC(=O)[C@H](N)C(C)(C)C)C(C)C. The van der Waals surface area contributed by atoms with Crippen LogP contribution in [-0.4, -0.2) is 31.1 Å². The fourth-order valence-electron chi connectivity index (χ4n) is 1.26. The number of hydrogen-bond acceptors (Lipinski definition) is 4. The second-order valence-electron chi connectivity index (χ2n) is 5.60. The zero-order valence-electron chi connectivity index (χ0n) is 11.5. The van der Waals surface area contributed by atoms with Crippen molar-refractivity contribution in [3.05, 3.63) is 0 Å². The van der Waals surface area contributed by atoms with Gasteiger partial charge in [-0.25, -0.2) is 4.79 Å². The van der Waals surface area contributed by atoms with Gasteiger partial charge in [0.1, 0.15) is 6.04 Å². The topological polar surface area (TPSA) is 81.4 Å². The van der Waals surface area contributed by atoms with Crippen LogP contribution in [-0.2, 0) is 14.3 Å². The van der Waals surface area contributed by atoms with Crippen molar-refractivity contribution in [2.45, 2.75) is 46.7 Å². The molecule has 3 N–H and O–H groups in total. The Balaban J connectivity index is 4.68. The van der Waals surface area contributed by atoms with Gasteiger partial charge in [-0.1, -0.05) is 34.6 Å². The molecule has 0 aromatic carbocycles. The van der Waals surface area contributed by atoms with E-state index in [2.05, 4.69) is 10.1 Å². The number of carbonyl (C=O) groups excluding carboxylic acids is 2. The predicted molar refractivity (Wildman–Crippen MR) is 66.2 cm³/mol. The molecule has 17 heavy (non-hydrogen) atoms. The van der Waals surface area contributed by atoms with E-state index in [4.69, 9.17) is 5.73 Å². The average Bonchev–Trinajstić information content (AvgIpc) is 2.21. The van der Waals surface area contributed by atoms with E-state index >= 15 is 0 Å². The van der Waals surface area contributed by atoms with Crippen LogP contribution in [0.2, 0.25) is 0 Å². The Bertz CT molecular complexity index is 282. The van der Waals surface area contributed by atoms with E-state index in [-0.39, 0.29) is 17.2 Å². The molecule has 0 rings (SSSR count). The van der Waals surface area contributed by atoms with E-state index < -0.39 is 18.1 Å². The summed E-state index contributed by atoms with van der Waals surface area (Å²) in [4.78, 5) is 23.4. The van der Waals surface area contributed by atoms with Crippen LogP contribution < -0.4 is 11.1 Å². The Hall–Kier alpha value is -1.10. The van der Waals surface area contributed by atoms with Gasteiger partial charge >= 0.3 is 5.97 Å². The summed E-state index contributed by atoms with van der Waals surface area (Å²) in [5, 5.41) is 2.63. The van der Waals surface area contributed by atoms with Gasteiger partial charge in [0.15, 0.2) is 0 Å². The Morgan fingerprint density at radius 3 is 2.00 bits per heavy atom. The third-order valence-corrected chi connectivity index (χ3v) is 2.64. The fraction of sp³-hybridized carbons (Fsp3) is 0.833. The molecule has 0 bridgehead atoms. The molecule has 0 radical (unpaired) electrons. The first kappa shape index (κ1) is 15.9. The van der Waals surface area contributed by atoms with Gasteiger partial charge in [-0.05, 0) is 11.3 Å². The van der Waals surface area contributed by atoms with Gasteiger partial charge in [-0.15, -0.1) is 0 Å². The molecule has 0 aromatic heterocycles. The predicted octanol–water partition coefficient (Wildman–Crippen LogP) is 0.674.